The normalized spacial score (nSPS) is 27.8. The number of ether oxygens (including phenoxy) is 1. The monoisotopic (exact) mass is 439 g/mol. The molecule has 3 aliphatic heterocycles. The Morgan fingerprint density at radius 3 is 2.52 bits per heavy atom. The summed E-state index contributed by atoms with van der Waals surface area (Å²) in [4.78, 5) is 13.2. The first-order valence-corrected chi connectivity index (χ1v) is 11.3. The predicted molar refractivity (Wildman–Crippen MR) is 124 cm³/mol. The Kier molecular flexibility index (Phi) is 2.95. The highest BCUT2D eigenvalue weighted by atomic mass is 16.6. The third kappa shape index (κ3) is 1.75. The van der Waals surface area contributed by atoms with Crippen molar-refractivity contribution in [2.75, 3.05) is 6.61 Å². The smallest absolute Gasteiger partial charge is 0.252 e. The van der Waals surface area contributed by atoms with E-state index in [0.717, 1.165) is 54.7 Å². The van der Waals surface area contributed by atoms with E-state index in [1.807, 2.05) is 49.4 Å². The molecule has 1 saturated heterocycles. The summed E-state index contributed by atoms with van der Waals surface area (Å²) in [5, 5.41) is 29.1. The first kappa shape index (κ1) is 18.1. The summed E-state index contributed by atoms with van der Waals surface area (Å²) in [5.74, 6) is -0.0555. The Labute approximate surface area is 187 Å². The summed E-state index contributed by atoms with van der Waals surface area (Å²) < 4.78 is 10.9. The SMILES string of the molecule is C[C@@]12O[C@H](C[C@]1(O)CO)n1c3ccccc3c3c4c(c5c6ccccc6n2c5c31)CNC4=O. The summed E-state index contributed by atoms with van der Waals surface area (Å²) >= 11 is 0. The van der Waals surface area contributed by atoms with Crippen LogP contribution in [-0.4, -0.2) is 37.5 Å². The minimum Gasteiger partial charge on any atom is -0.393 e. The number of nitrogens with zero attached hydrogens (tertiary/aromatic N) is 2. The van der Waals surface area contributed by atoms with Crippen LogP contribution >= 0.6 is 0 Å². The number of fused-ring (bicyclic) bond motifs is 13. The van der Waals surface area contributed by atoms with Crippen LogP contribution < -0.4 is 5.32 Å². The lowest BCUT2D eigenvalue weighted by Crippen LogP contribution is -2.53. The summed E-state index contributed by atoms with van der Waals surface area (Å²) in [6.45, 7) is 1.91. The molecule has 8 rings (SSSR count). The minimum atomic E-state index is -1.48. The molecular formula is C26H21N3O4. The quantitative estimate of drug-likeness (QED) is 0.373. The van der Waals surface area contributed by atoms with Gasteiger partial charge in [0.2, 0.25) is 0 Å². The zero-order valence-corrected chi connectivity index (χ0v) is 17.9. The van der Waals surface area contributed by atoms with Gasteiger partial charge in [-0.3, -0.25) is 4.79 Å². The summed E-state index contributed by atoms with van der Waals surface area (Å²) in [5.41, 5.74) is 2.80. The fraction of sp³-hybridized carbons (Fsp3) is 0.269. The van der Waals surface area contributed by atoms with Gasteiger partial charge >= 0.3 is 0 Å². The maximum Gasteiger partial charge on any atom is 0.252 e. The molecule has 3 N–H and O–H groups in total. The van der Waals surface area contributed by atoms with Gasteiger partial charge in [-0.25, -0.2) is 0 Å². The number of carbonyl (C=O) groups excluding carboxylic acids is 1. The fourth-order valence-corrected chi connectivity index (χ4v) is 6.73. The van der Waals surface area contributed by atoms with Gasteiger partial charge in [-0.1, -0.05) is 36.4 Å². The van der Waals surface area contributed by atoms with E-state index in [1.165, 1.54) is 0 Å². The van der Waals surface area contributed by atoms with Crippen LogP contribution in [0.5, 0.6) is 0 Å². The van der Waals surface area contributed by atoms with Crippen molar-refractivity contribution in [3.05, 3.63) is 59.7 Å². The van der Waals surface area contributed by atoms with Crippen molar-refractivity contribution >= 4 is 49.5 Å². The molecule has 33 heavy (non-hydrogen) atoms. The van der Waals surface area contributed by atoms with Crippen molar-refractivity contribution in [1.29, 1.82) is 0 Å². The van der Waals surface area contributed by atoms with Gasteiger partial charge in [0.25, 0.3) is 5.91 Å². The molecule has 5 aromatic rings. The summed E-state index contributed by atoms with van der Waals surface area (Å²) in [6.07, 6.45) is -0.247. The highest BCUT2D eigenvalue weighted by Gasteiger charge is 2.60. The summed E-state index contributed by atoms with van der Waals surface area (Å²) in [6, 6.07) is 16.1. The van der Waals surface area contributed by atoms with Crippen molar-refractivity contribution in [3.63, 3.8) is 0 Å². The molecule has 7 nitrogen and oxygen atoms in total. The molecule has 0 saturated carbocycles. The lowest BCUT2D eigenvalue weighted by Gasteiger charge is -2.38. The van der Waals surface area contributed by atoms with Crippen molar-refractivity contribution in [2.45, 2.75) is 37.4 Å². The Balaban J connectivity index is 1.78. The standard InChI is InChI=1S/C26H21N3O4/c1-25-26(32,12-30)10-18(33-25)28-16-8-4-2-6-13(16)20-21-15(11-27-24(21)31)19-14-7-3-5-9-17(14)29(25)23(19)22(20)28/h2-9,18,30,32H,10-12H2,1H3,(H,27,31)/t18-,25-,26+/m1/s1. The van der Waals surface area contributed by atoms with Gasteiger partial charge in [-0.2, -0.15) is 0 Å². The number of hydrogen-bond donors (Lipinski definition) is 3. The average molecular weight is 439 g/mol. The molecule has 0 unspecified atom stereocenters. The van der Waals surface area contributed by atoms with Gasteiger partial charge in [0.1, 0.15) is 11.8 Å². The van der Waals surface area contributed by atoms with Crippen LogP contribution in [0.2, 0.25) is 0 Å². The number of aliphatic hydroxyl groups excluding tert-OH is 1. The second-order valence-electron chi connectivity index (χ2n) is 9.67. The lowest BCUT2D eigenvalue weighted by atomic mass is 9.89. The zero-order chi connectivity index (χ0) is 22.3. The molecule has 3 aromatic carbocycles. The average Bonchev–Trinajstić information content (AvgIpc) is 3.51. The molecule has 2 aromatic heterocycles. The zero-order valence-electron chi connectivity index (χ0n) is 17.9. The van der Waals surface area contributed by atoms with Gasteiger partial charge in [0, 0.05) is 34.5 Å². The number of aliphatic hydroxyl groups is 2. The third-order valence-electron chi connectivity index (χ3n) is 8.23. The van der Waals surface area contributed by atoms with Gasteiger partial charge in [-0.15, -0.1) is 0 Å². The molecule has 164 valence electrons. The third-order valence-corrected chi connectivity index (χ3v) is 8.23. The van der Waals surface area contributed by atoms with E-state index in [4.69, 9.17) is 4.74 Å². The second-order valence-corrected chi connectivity index (χ2v) is 9.67. The van der Waals surface area contributed by atoms with Crippen LogP contribution in [0, 0.1) is 0 Å². The minimum absolute atomic E-state index is 0.0555. The number of carbonyl (C=O) groups is 1. The van der Waals surface area contributed by atoms with E-state index >= 15 is 0 Å². The van der Waals surface area contributed by atoms with E-state index in [0.29, 0.717) is 6.54 Å². The molecule has 1 fully saturated rings. The van der Waals surface area contributed by atoms with Crippen molar-refractivity contribution in [1.82, 2.24) is 14.5 Å². The van der Waals surface area contributed by atoms with E-state index in [2.05, 4.69) is 20.5 Å². The maximum atomic E-state index is 13.2. The maximum absolute atomic E-state index is 13.2. The number of benzene rings is 3. The van der Waals surface area contributed by atoms with Gasteiger partial charge < -0.3 is 29.4 Å². The van der Waals surface area contributed by atoms with Crippen molar-refractivity contribution in [2.24, 2.45) is 0 Å². The summed E-state index contributed by atoms with van der Waals surface area (Å²) in [7, 11) is 0. The van der Waals surface area contributed by atoms with Crippen LogP contribution in [-0.2, 0) is 17.0 Å². The number of aromatic nitrogens is 2. The number of nitrogens with one attached hydrogen (secondary N) is 1. The van der Waals surface area contributed by atoms with Crippen LogP contribution in [0.15, 0.2) is 48.5 Å². The van der Waals surface area contributed by atoms with E-state index in [-0.39, 0.29) is 12.3 Å². The highest BCUT2D eigenvalue weighted by molar-refractivity contribution is 6.31. The molecular weight excluding hydrogens is 418 g/mol. The van der Waals surface area contributed by atoms with E-state index in [9.17, 15) is 15.0 Å². The van der Waals surface area contributed by atoms with Gasteiger partial charge in [0.05, 0.1) is 34.2 Å². The Bertz CT molecular complexity index is 1730. The van der Waals surface area contributed by atoms with Crippen LogP contribution in [0.25, 0.3) is 43.6 Å². The molecule has 3 aliphatic rings. The van der Waals surface area contributed by atoms with Crippen LogP contribution in [0.4, 0.5) is 0 Å². The highest BCUT2D eigenvalue weighted by Crippen LogP contribution is 2.57. The Morgan fingerprint density at radius 2 is 1.76 bits per heavy atom. The molecule has 3 atom stereocenters. The molecule has 2 bridgehead atoms. The lowest BCUT2D eigenvalue weighted by molar-refractivity contribution is -0.189. The van der Waals surface area contributed by atoms with E-state index in [1.54, 1.807) is 0 Å². The molecule has 0 aliphatic carbocycles. The topological polar surface area (TPSA) is 88.7 Å². The molecule has 7 heteroatoms. The van der Waals surface area contributed by atoms with E-state index < -0.39 is 24.2 Å². The molecule has 1 amide bonds. The van der Waals surface area contributed by atoms with Gasteiger partial charge in [0.15, 0.2) is 5.72 Å². The Hall–Kier alpha value is -3.39. The largest absolute Gasteiger partial charge is 0.393 e. The predicted octanol–water partition coefficient (Wildman–Crippen LogP) is 3.47. The van der Waals surface area contributed by atoms with Crippen molar-refractivity contribution < 1.29 is 19.7 Å². The number of hydrogen-bond acceptors (Lipinski definition) is 4. The number of para-hydroxylation sites is 2. The first-order valence-electron chi connectivity index (χ1n) is 11.3. The number of amides is 1. The van der Waals surface area contributed by atoms with Crippen LogP contribution in [0.1, 0.15) is 35.5 Å². The van der Waals surface area contributed by atoms with Crippen LogP contribution in [0.3, 0.4) is 0 Å². The first-order chi connectivity index (χ1) is 16.0. The second kappa shape index (κ2) is 5.39. The fourth-order valence-electron chi connectivity index (χ4n) is 6.73. The van der Waals surface area contributed by atoms with Crippen molar-refractivity contribution in [3.8, 4) is 0 Å². The van der Waals surface area contributed by atoms with Gasteiger partial charge in [-0.05, 0) is 24.6 Å². The number of rotatable bonds is 1. The molecule has 5 heterocycles. The Morgan fingerprint density at radius 1 is 1.06 bits per heavy atom. The molecule has 0 spiro atoms. The molecule has 0 radical (unpaired) electrons.